The summed E-state index contributed by atoms with van der Waals surface area (Å²) in [5.41, 5.74) is 0.926. The maximum atomic E-state index is 10.2. The van der Waals surface area contributed by atoms with Crippen LogP contribution in [-0.4, -0.2) is 17.8 Å². The number of benzene rings is 1. The van der Waals surface area contributed by atoms with Gasteiger partial charge in [0.15, 0.2) is 11.5 Å². The molecule has 3 nitrogen and oxygen atoms in total. The largest absolute Gasteiger partial charge is 0.504 e. The van der Waals surface area contributed by atoms with Crippen molar-refractivity contribution in [2.45, 2.75) is 58.5 Å². The molecule has 0 spiro atoms. The van der Waals surface area contributed by atoms with Crippen molar-refractivity contribution in [3.05, 3.63) is 23.8 Å². The minimum atomic E-state index is 0.282. The number of hydrogen-bond donors (Lipinski definition) is 2. The Kier molecular flexibility index (Phi) is 5.72. The Morgan fingerprint density at radius 2 is 2.15 bits per heavy atom. The molecule has 1 aromatic rings. The van der Waals surface area contributed by atoms with E-state index in [-0.39, 0.29) is 5.75 Å². The standard InChI is InChI=1S/C17H27NO2/c1-3-13-7-5-9-15(11-13)18-12-14-8-6-10-16(17(14)19)20-4-2/h6,8,10,13,15,18-19H,3-5,7,9,11-12H2,1-2H3. The number of aromatic hydroxyl groups is 1. The van der Waals surface area contributed by atoms with E-state index < -0.39 is 0 Å². The average molecular weight is 277 g/mol. The van der Waals surface area contributed by atoms with Crippen LogP contribution in [0.1, 0.15) is 51.5 Å². The maximum Gasteiger partial charge on any atom is 0.162 e. The van der Waals surface area contributed by atoms with E-state index in [4.69, 9.17) is 4.74 Å². The molecule has 1 saturated carbocycles. The van der Waals surface area contributed by atoms with E-state index in [9.17, 15) is 5.11 Å². The molecule has 0 bridgehead atoms. The van der Waals surface area contributed by atoms with Crippen LogP contribution in [0, 0.1) is 5.92 Å². The third kappa shape index (κ3) is 3.89. The zero-order valence-electron chi connectivity index (χ0n) is 12.7. The number of para-hydroxylation sites is 1. The molecular weight excluding hydrogens is 250 g/mol. The predicted octanol–water partition coefficient (Wildman–Crippen LogP) is 3.85. The Morgan fingerprint density at radius 1 is 1.30 bits per heavy atom. The van der Waals surface area contributed by atoms with Gasteiger partial charge in [0.1, 0.15) is 0 Å². The van der Waals surface area contributed by atoms with Gasteiger partial charge in [0.25, 0.3) is 0 Å². The fraction of sp³-hybridized carbons (Fsp3) is 0.647. The van der Waals surface area contributed by atoms with Crippen molar-refractivity contribution in [1.82, 2.24) is 5.32 Å². The van der Waals surface area contributed by atoms with Gasteiger partial charge in [0.05, 0.1) is 6.61 Å². The predicted molar refractivity (Wildman–Crippen MR) is 82.2 cm³/mol. The normalized spacial score (nSPS) is 22.7. The molecule has 2 rings (SSSR count). The quantitative estimate of drug-likeness (QED) is 0.830. The van der Waals surface area contributed by atoms with E-state index in [2.05, 4.69) is 12.2 Å². The third-order valence-electron chi connectivity index (χ3n) is 4.32. The highest BCUT2D eigenvalue weighted by Gasteiger charge is 2.20. The number of ether oxygens (including phenoxy) is 1. The van der Waals surface area contributed by atoms with Crippen LogP contribution >= 0.6 is 0 Å². The first-order valence-corrected chi connectivity index (χ1v) is 7.91. The van der Waals surface area contributed by atoms with Crippen LogP contribution in [0.2, 0.25) is 0 Å². The molecule has 0 saturated heterocycles. The molecule has 0 aromatic heterocycles. The van der Waals surface area contributed by atoms with Crippen LogP contribution in [0.3, 0.4) is 0 Å². The molecule has 1 aromatic carbocycles. The number of rotatable bonds is 6. The minimum Gasteiger partial charge on any atom is -0.504 e. The average Bonchev–Trinajstić information content (AvgIpc) is 2.48. The smallest absolute Gasteiger partial charge is 0.162 e. The zero-order chi connectivity index (χ0) is 14.4. The lowest BCUT2D eigenvalue weighted by atomic mass is 9.84. The van der Waals surface area contributed by atoms with Crippen molar-refractivity contribution in [2.75, 3.05) is 6.61 Å². The van der Waals surface area contributed by atoms with Crippen LogP contribution in [0.15, 0.2) is 18.2 Å². The summed E-state index contributed by atoms with van der Waals surface area (Å²) in [6, 6.07) is 6.31. The summed E-state index contributed by atoms with van der Waals surface area (Å²) in [6.07, 6.45) is 6.50. The molecule has 2 N–H and O–H groups in total. The van der Waals surface area contributed by atoms with E-state index in [0.29, 0.717) is 24.9 Å². The fourth-order valence-electron chi connectivity index (χ4n) is 3.08. The summed E-state index contributed by atoms with van der Waals surface area (Å²) >= 11 is 0. The molecule has 2 atom stereocenters. The topological polar surface area (TPSA) is 41.5 Å². The summed E-state index contributed by atoms with van der Waals surface area (Å²) in [6.45, 7) is 5.50. The van der Waals surface area contributed by atoms with E-state index in [0.717, 1.165) is 11.5 Å². The first-order chi connectivity index (χ1) is 9.74. The van der Waals surface area contributed by atoms with Crippen molar-refractivity contribution < 1.29 is 9.84 Å². The van der Waals surface area contributed by atoms with Gasteiger partial charge in [-0.15, -0.1) is 0 Å². The number of phenols is 1. The molecule has 1 aliphatic carbocycles. The monoisotopic (exact) mass is 277 g/mol. The molecule has 1 aliphatic rings. The molecule has 112 valence electrons. The summed E-state index contributed by atoms with van der Waals surface area (Å²) in [5, 5.41) is 13.8. The first-order valence-electron chi connectivity index (χ1n) is 7.91. The van der Waals surface area contributed by atoms with Gasteiger partial charge in [-0.25, -0.2) is 0 Å². The van der Waals surface area contributed by atoms with Crippen LogP contribution < -0.4 is 10.1 Å². The van der Waals surface area contributed by atoms with Crippen LogP contribution in [0.25, 0.3) is 0 Å². The molecule has 0 aliphatic heterocycles. The summed E-state index contributed by atoms with van der Waals surface area (Å²) in [4.78, 5) is 0. The van der Waals surface area contributed by atoms with Gasteiger partial charge in [0, 0.05) is 18.2 Å². The van der Waals surface area contributed by atoms with Gasteiger partial charge in [-0.3, -0.25) is 0 Å². The second-order valence-electron chi connectivity index (χ2n) is 5.72. The maximum absolute atomic E-state index is 10.2. The zero-order valence-corrected chi connectivity index (χ0v) is 12.7. The van der Waals surface area contributed by atoms with Gasteiger partial charge in [-0.1, -0.05) is 38.3 Å². The molecular formula is C17H27NO2. The Hall–Kier alpha value is -1.22. The van der Waals surface area contributed by atoms with E-state index in [1.807, 2.05) is 25.1 Å². The van der Waals surface area contributed by atoms with Crippen LogP contribution in [0.4, 0.5) is 0 Å². The van der Waals surface area contributed by atoms with Crippen molar-refractivity contribution in [3.63, 3.8) is 0 Å². The summed E-state index contributed by atoms with van der Waals surface area (Å²) < 4.78 is 5.43. The van der Waals surface area contributed by atoms with Crippen LogP contribution in [0.5, 0.6) is 11.5 Å². The van der Waals surface area contributed by atoms with Gasteiger partial charge in [-0.05, 0) is 31.7 Å². The van der Waals surface area contributed by atoms with Crippen molar-refractivity contribution in [3.8, 4) is 11.5 Å². The molecule has 1 fully saturated rings. The van der Waals surface area contributed by atoms with Gasteiger partial charge in [0.2, 0.25) is 0 Å². The third-order valence-corrected chi connectivity index (χ3v) is 4.32. The number of hydrogen-bond acceptors (Lipinski definition) is 3. The molecule has 2 unspecified atom stereocenters. The SMILES string of the molecule is CCOc1cccc(CNC2CCCC(CC)C2)c1O. The Balaban J connectivity index is 1.92. The van der Waals surface area contributed by atoms with E-state index in [1.165, 1.54) is 32.1 Å². The molecule has 0 heterocycles. The van der Waals surface area contributed by atoms with E-state index in [1.54, 1.807) is 0 Å². The molecule has 3 heteroatoms. The van der Waals surface area contributed by atoms with Gasteiger partial charge in [-0.2, -0.15) is 0 Å². The van der Waals surface area contributed by atoms with Crippen molar-refractivity contribution in [1.29, 1.82) is 0 Å². The minimum absolute atomic E-state index is 0.282. The van der Waals surface area contributed by atoms with Crippen molar-refractivity contribution >= 4 is 0 Å². The molecule has 0 amide bonds. The fourth-order valence-corrected chi connectivity index (χ4v) is 3.08. The highest BCUT2D eigenvalue weighted by Crippen LogP contribution is 2.31. The second kappa shape index (κ2) is 7.53. The lowest BCUT2D eigenvalue weighted by molar-refractivity contribution is 0.276. The van der Waals surface area contributed by atoms with Gasteiger partial charge >= 0.3 is 0 Å². The molecule has 0 radical (unpaired) electrons. The lowest BCUT2D eigenvalue weighted by Crippen LogP contribution is -2.33. The second-order valence-corrected chi connectivity index (χ2v) is 5.72. The Morgan fingerprint density at radius 3 is 2.90 bits per heavy atom. The Labute approximate surface area is 122 Å². The Bertz CT molecular complexity index is 419. The summed E-state index contributed by atoms with van der Waals surface area (Å²) in [5.74, 6) is 1.73. The lowest BCUT2D eigenvalue weighted by Gasteiger charge is -2.29. The molecule has 20 heavy (non-hydrogen) atoms. The number of nitrogens with one attached hydrogen (secondary N) is 1. The van der Waals surface area contributed by atoms with Gasteiger partial charge < -0.3 is 15.2 Å². The highest BCUT2D eigenvalue weighted by molar-refractivity contribution is 5.45. The van der Waals surface area contributed by atoms with Crippen LogP contribution in [-0.2, 0) is 6.54 Å². The summed E-state index contributed by atoms with van der Waals surface area (Å²) in [7, 11) is 0. The first kappa shape index (κ1) is 15.2. The highest BCUT2D eigenvalue weighted by atomic mass is 16.5. The number of phenolic OH excluding ortho intramolecular Hbond substituents is 1. The van der Waals surface area contributed by atoms with E-state index >= 15 is 0 Å². The van der Waals surface area contributed by atoms with Crippen molar-refractivity contribution in [2.24, 2.45) is 5.92 Å².